The smallest absolute Gasteiger partial charge is 0.408 e. The Bertz CT molecular complexity index is 778. The molecule has 2 unspecified atom stereocenters. The summed E-state index contributed by atoms with van der Waals surface area (Å²) < 4.78 is 10.1. The van der Waals surface area contributed by atoms with Gasteiger partial charge in [0.25, 0.3) is 0 Å². The summed E-state index contributed by atoms with van der Waals surface area (Å²) in [5.74, 6) is -1.66. The highest BCUT2D eigenvalue weighted by Gasteiger charge is 2.42. The van der Waals surface area contributed by atoms with Crippen LogP contribution in [0.25, 0.3) is 0 Å². The zero-order chi connectivity index (χ0) is 27.3. The maximum atomic E-state index is 13.5. The molecule has 0 radical (unpaired) electrons. The topological polar surface area (TPSA) is 134 Å². The van der Waals surface area contributed by atoms with Gasteiger partial charge in [0.2, 0.25) is 11.8 Å². The molecule has 1 rings (SSSR count). The Morgan fingerprint density at radius 2 is 1.69 bits per heavy atom. The third-order valence-corrected chi connectivity index (χ3v) is 5.72. The lowest BCUT2D eigenvalue weighted by Gasteiger charge is -2.30. The van der Waals surface area contributed by atoms with Crippen molar-refractivity contribution < 1.29 is 33.8 Å². The fourth-order valence-corrected chi connectivity index (χ4v) is 3.97. The molecule has 4 atom stereocenters. The van der Waals surface area contributed by atoms with E-state index in [-0.39, 0.29) is 13.0 Å². The number of esters is 1. The summed E-state index contributed by atoms with van der Waals surface area (Å²) in [6.45, 7) is 12.4. The van der Waals surface area contributed by atoms with Gasteiger partial charge in [0.05, 0.1) is 13.2 Å². The van der Waals surface area contributed by atoms with E-state index >= 15 is 0 Å². The molecule has 36 heavy (non-hydrogen) atoms. The number of unbranched alkanes of at least 4 members (excludes halogenated alkanes) is 3. The summed E-state index contributed by atoms with van der Waals surface area (Å²) in [5, 5.41) is 15.6. The number of aliphatic hydroxyl groups is 1. The van der Waals surface area contributed by atoms with Crippen LogP contribution in [-0.4, -0.2) is 77.4 Å². The van der Waals surface area contributed by atoms with Gasteiger partial charge in [-0.05, 0) is 52.9 Å². The fraction of sp³-hybridized carbons (Fsp3) is 0.692. The van der Waals surface area contributed by atoms with Crippen molar-refractivity contribution >= 4 is 23.9 Å². The molecule has 0 aliphatic carbocycles. The second kappa shape index (κ2) is 15.3. The Balaban J connectivity index is 3.02. The maximum Gasteiger partial charge on any atom is 0.408 e. The van der Waals surface area contributed by atoms with E-state index in [1.165, 1.54) is 12.0 Å². The van der Waals surface area contributed by atoms with Gasteiger partial charge in [0.1, 0.15) is 23.7 Å². The second-order valence-electron chi connectivity index (χ2n) is 9.97. The van der Waals surface area contributed by atoms with Crippen LogP contribution in [0, 0.1) is 0 Å². The molecule has 1 fully saturated rings. The Kier molecular flexibility index (Phi) is 13.2. The minimum Gasteiger partial charge on any atom is -0.467 e. The van der Waals surface area contributed by atoms with Gasteiger partial charge < -0.3 is 30.1 Å². The number of amides is 3. The average molecular weight is 510 g/mol. The van der Waals surface area contributed by atoms with E-state index < -0.39 is 53.7 Å². The lowest BCUT2D eigenvalue weighted by Crippen LogP contribution is -2.55. The number of hydrogen-bond acceptors (Lipinski definition) is 7. The monoisotopic (exact) mass is 509 g/mol. The first-order chi connectivity index (χ1) is 16.9. The first-order valence-electron chi connectivity index (χ1n) is 12.5. The van der Waals surface area contributed by atoms with Crippen LogP contribution < -0.4 is 10.6 Å². The summed E-state index contributed by atoms with van der Waals surface area (Å²) in [6, 6.07) is -2.83. The number of rotatable bonds is 14. The molecule has 10 heteroatoms. The van der Waals surface area contributed by atoms with Crippen molar-refractivity contribution in [3.05, 3.63) is 25.3 Å². The third-order valence-electron chi connectivity index (χ3n) is 5.72. The number of alkyl carbamates (subject to hydrolysis) is 1. The van der Waals surface area contributed by atoms with Crippen LogP contribution in [0.5, 0.6) is 0 Å². The zero-order valence-corrected chi connectivity index (χ0v) is 22.1. The number of nitrogens with one attached hydrogen (secondary N) is 2. The Morgan fingerprint density at radius 1 is 1.03 bits per heavy atom. The molecule has 0 bridgehead atoms. The standard InChI is InChI=1S/C26H43N3O7/c1-7-9-11-12-13-15-19(28-25(34)36-26(3,4)5)23(32)29-17-18(30)16-21(29)22(31)27-20(14-10-8-2)24(33)35-6/h7-8,18-21,30H,1-2,9-17H2,3-6H3,(H,27,31)(H,28,34)/t18-,19?,20-,21?/m0/s1. The molecule has 1 heterocycles. The van der Waals surface area contributed by atoms with Crippen LogP contribution in [0.15, 0.2) is 25.3 Å². The molecule has 1 aliphatic rings. The van der Waals surface area contributed by atoms with Gasteiger partial charge in [-0.25, -0.2) is 9.59 Å². The van der Waals surface area contributed by atoms with Crippen LogP contribution in [0.2, 0.25) is 0 Å². The fourth-order valence-electron chi connectivity index (χ4n) is 3.97. The molecule has 0 spiro atoms. The summed E-state index contributed by atoms with van der Waals surface area (Å²) in [6.07, 6.45) is 6.20. The normalized spacial score (nSPS) is 19.1. The Labute approximate surface area is 214 Å². The van der Waals surface area contributed by atoms with Gasteiger partial charge >= 0.3 is 12.1 Å². The van der Waals surface area contributed by atoms with Gasteiger partial charge in [0, 0.05) is 13.0 Å². The van der Waals surface area contributed by atoms with E-state index in [9.17, 15) is 24.3 Å². The van der Waals surface area contributed by atoms with Gasteiger partial charge in [-0.3, -0.25) is 9.59 Å². The van der Waals surface area contributed by atoms with Crippen LogP contribution >= 0.6 is 0 Å². The predicted octanol–water partition coefficient (Wildman–Crippen LogP) is 2.60. The minimum absolute atomic E-state index is 0.0193. The van der Waals surface area contributed by atoms with Gasteiger partial charge in [0.15, 0.2) is 0 Å². The number of aliphatic hydroxyl groups excluding tert-OH is 1. The predicted molar refractivity (Wildman–Crippen MR) is 136 cm³/mol. The molecule has 10 nitrogen and oxygen atoms in total. The first kappa shape index (κ1) is 31.2. The SMILES string of the molecule is C=CCCCCCC(NC(=O)OC(C)(C)C)C(=O)N1C[C@@H](O)CC1C(=O)N[C@@H](CCC=C)C(=O)OC. The van der Waals surface area contributed by atoms with Gasteiger partial charge in [-0.2, -0.15) is 0 Å². The summed E-state index contributed by atoms with van der Waals surface area (Å²) in [4.78, 5) is 52.5. The maximum absolute atomic E-state index is 13.5. The lowest BCUT2D eigenvalue weighted by atomic mass is 10.0. The van der Waals surface area contributed by atoms with Crippen molar-refractivity contribution in [2.75, 3.05) is 13.7 Å². The molecule has 0 aromatic heterocycles. The number of carbonyl (C=O) groups excluding carboxylic acids is 4. The van der Waals surface area contributed by atoms with Crippen molar-refractivity contribution in [1.82, 2.24) is 15.5 Å². The van der Waals surface area contributed by atoms with Gasteiger partial charge in [-0.1, -0.05) is 25.0 Å². The number of likely N-dealkylation sites (tertiary alicyclic amines) is 1. The molecule has 3 amide bonds. The van der Waals surface area contributed by atoms with Crippen molar-refractivity contribution in [3.8, 4) is 0 Å². The number of allylic oxidation sites excluding steroid dienone is 2. The van der Waals surface area contributed by atoms with Crippen LogP contribution in [0.4, 0.5) is 4.79 Å². The number of β-amino-alcohol motifs (C(OH)–C–C–N with tert-alkyl or cyclic N) is 1. The molecule has 1 aliphatic heterocycles. The van der Waals surface area contributed by atoms with Crippen LogP contribution in [0.3, 0.4) is 0 Å². The molecule has 0 aromatic rings. The molecule has 1 saturated heterocycles. The van der Waals surface area contributed by atoms with Crippen molar-refractivity contribution in [2.45, 2.75) is 102 Å². The summed E-state index contributed by atoms with van der Waals surface area (Å²) in [5.41, 5.74) is -0.748. The van der Waals surface area contributed by atoms with E-state index in [0.29, 0.717) is 25.7 Å². The number of ether oxygens (including phenoxy) is 2. The highest BCUT2D eigenvalue weighted by atomic mass is 16.6. The molecular weight excluding hydrogens is 466 g/mol. The Hall–Kier alpha value is -2.88. The van der Waals surface area contributed by atoms with Crippen LogP contribution in [0.1, 0.15) is 72.1 Å². The van der Waals surface area contributed by atoms with Gasteiger partial charge in [-0.15, -0.1) is 13.2 Å². The largest absolute Gasteiger partial charge is 0.467 e. The Morgan fingerprint density at radius 3 is 2.28 bits per heavy atom. The van der Waals surface area contributed by atoms with Crippen molar-refractivity contribution in [1.29, 1.82) is 0 Å². The summed E-state index contributed by atoms with van der Waals surface area (Å²) in [7, 11) is 1.23. The van der Waals surface area contributed by atoms with Crippen LogP contribution in [-0.2, 0) is 23.9 Å². The van der Waals surface area contributed by atoms with Crippen molar-refractivity contribution in [3.63, 3.8) is 0 Å². The van der Waals surface area contributed by atoms with E-state index in [1.54, 1.807) is 26.8 Å². The third kappa shape index (κ3) is 10.8. The highest BCUT2D eigenvalue weighted by molar-refractivity contribution is 5.93. The van der Waals surface area contributed by atoms with Crippen molar-refractivity contribution in [2.24, 2.45) is 0 Å². The number of methoxy groups -OCH3 is 1. The number of hydrogen-bond donors (Lipinski definition) is 3. The number of nitrogens with zero attached hydrogens (tertiary/aromatic N) is 1. The minimum atomic E-state index is -0.993. The van der Waals surface area contributed by atoms with E-state index in [2.05, 4.69) is 23.8 Å². The quantitative estimate of drug-likeness (QED) is 0.186. The average Bonchev–Trinajstić information content (AvgIpc) is 3.20. The summed E-state index contributed by atoms with van der Waals surface area (Å²) >= 11 is 0. The second-order valence-corrected chi connectivity index (χ2v) is 9.97. The number of carbonyl (C=O) groups is 4. The zero-order valence-electron chi connectivity index (χ0n) is 22.1. The van der Waals surface area contributed by atoms with E-state index in [0.717, 1.165) is 19.3 Å². The van der Waals surface area contributed by atoms with E-state index in [1.807, 2.05) is 6.08 Å². The molecule has 0 aromatic carbocycles. The molecule has 204 valence electrons. The lowest BCUT2D eigenvalue weighted by molar-refractivity contribution is -0.146. The van der Waals surface area contributed by atoms with E-state index in [4.69, 9.17) is 9.47 Å². The first-order valence-corrected chi connectivity index (χ1v) is 12.5. The molecular formula is C26H43N3O7. The molecule has 0 saturated carbocycles. The molecule has 3 N–H and O–H groups in total. The highest BCUT2D eigenvalue weighted by Crippen LogP contribution is 2.22.